The lowest BCUT2D eigenvalue weighted by molar-refractivity contribution is 0.170. The standard InChI is InChI=1S/C20H28OS/c1-9-15(6)22-17(8)19-10-18(14(4)5)11-20(12-19)21-16(7)13(2)3/h9-13,16H,4,8H2,1-3,5-7H3/b15-9-. The van der Waals surface area contributed by atoms with Crippen LogP contribution in [0.25, 0.3) is 10.5 Å². The van der Waals surface area contributed by atoms with Gasteiger partial charge in [-0.15, -0.1) is 0 Å². The molecule has 0 aromatic heterocycles. The topological polar surface area (TPSA) is 9.23 Å². The monoisotopic (exact) mass is 316 g/mol. The van der Waals surface area contributed by atoms with Crippen LogP contribution in [0.2, 0.25) is 0 Å². The second-order valence-electron chi connectivity index (χ2n) is 6.02. The number of benzene rings is 1. The summed E-state index contributed by atoms with van der Waals surface area (Å²) < 4.78 is 6.08. The summed E-state index contributed by atoms with van der Waals surface area (Å²) in [6, 6.07) is 6.27. The average Bonchev–Trinajstić information content (AvgIpc) is 2.46. The Balaban J connectivity index is 3.14. The predicted molar refractivity (Wildman–Crippen MR) is 102 cm³/mol. The maximum Gasteiger partial charge on any atom is 0.120 e. The Hall–Kier alpha value is -1.41. The Labute approximate surface area is 140 Å². The van der Waals surface area contributed by atoms with Crippen molar-refractivity contribution in [3.05, 3.63) is 53.5 Å². The van der Waals surface area contributed by atoms with Crippen LogP contribution in [0.1, 0.15) is 52.7 Å². The van der Waals surface area contributed by atoms with Crippen molar-refractivity contribution in [2.75, 3.05) is 0 Å². The molecule has 22 heavy (non-hydrogen) atoms. The zero-order valence-corrected chi connectivity index (χ0v) is 15.5. The number of hydrogen-bond donors (Lipinski definition) is 0. The van der Waals surface area contributed by atoms with Crippen molar-refractivity contribution in [2.45, 2.75) is 47.6 Å². The lowest BCUT2D eigenvalue weighted by atomic mass is 10.0. The van der Waals surface area contributed by atoms with Gasteiger partial charge in [0.25, 0.3) is 0 Å². The molecule has 0 amide bonds. The fourth-order valence-corrected chi connectivity index (χ4v) is 2.48. The normalized spacial score (nSPS) is 13.1. The minimum atomic E-state index is 0.173. The van der Waals surface area contributed by atoms with E-state index < -0.39 is 0 Å². The Bertz CT molecular complexity index is 581. The molecule has 0 N–H and O–H groups in total. The molecule has 0 aliphatic carbocycles. The van der Waals surface area contributed by atoms with Gasteiger partial charge in [0.05, 0.1) is 6.10 Å². The van der Waals surface area contributed by atoms with Crippen molar-refractivity contribution >= 4 is 22.2 Å². The summed E-state index contributed by atoms with van der Waals surface area (Å²) in [5.41, 5.74) is 3.23. The summed E-state index contributed by atoms with van der Waals surface area (Å²) in [6.07, 6.45) is 2.27. The quantitative estimate of drug-likeness (QED) is 0.549. The molecule has 1 nitrogen and oxygen atoms in total. The molecule has 1 aromatic rings. The van der Waals surface area contributed by atoms with Gasteiger partial charge in [0.1, 0.15) is 5.75 Å². The number of ether oxygens (including phenoxy) is 1. The van der Waals surface area contributed by atoms with Gasteiger partial charge >= 0.3 is 0 Å². The van der Waals surface area contributed by atoms with Crippen LogP contribution in [0.5, 0.6) is 5.75 Å². The summed E-state index contributed by atoms with van der Waals surface area (Å²) in [6.45, 7) is 20.8. The number of rotatable bonds is 7. The van der Waals surface area contributed by atoms with E-state index in [-0.39, 0.29) is 6.10 Å². The van der Waals surface area contributed by atoms with E-state index in [0.29, 0.717) is 5.92 Å². The molecule has 120 valence electrons. The van der Waals surface area contributed by atoms with E-state index in [1.54, 1.807) is 11.8 Å². The zero-order chi connectivity index (χ0) is 16.9. The SMILES string of the molecule is C=C(C)c1cc(OC(C)C(C)C)cc(C(=C)S/C(C)=C\C)c1. The molecule has 0 fully saturated rings. The third-order valence-electron chi connectivity index (χ3n) is 3.67. The van der Waals surface area contributed by atoms with E-state index in [1.165, 1.54) is 4.91 Å². The van der Waals surface area contributed by atoms with Gasteiger partial charge in [-0.2, -0.15) is 0 Å². The highest BCUT2D eigenvalue weighted by atomic mass is 32.2. The molecular weight excluding hydrogens is 288 g/mol. The first-order valence-corrected chi connectivity index (χ1v) is 8.54. The minimum absolute atomic E-state index is 0.173. The molecular formula is C20H28OS. The Morgan fingerprint density at radius 1 is 1.09 bits per heavy atom. The van der Waals surface area contributed by atoms with Gasteiger partial charge in [-0.05, 0) is 67.8 Å². The molecule has 0 spiro atoms. The molecule has 1 unspecified atom stereocenters. The van der Waals surface area contributed by atoms with E-state index in [0.717, 1.165) is 27.4 Å². The molecule has 2 heteroatoms. The van der Waals surface area contributed by atoms with Crippen molar-refractivity contribution in [2.24, 2.45) is 5.92 Å². The summed E-state index contributed by atoms with van der Waals surface area (Å²) in [5, 5.41) is 0. The Kier molecular flexibility index (Phi) is 7.02. The van der Waals surface area contributed by atoms with Crippen LogP contribution >= 0.6 is 11.8 Å². The van der Waals surface area contributed by atoms with Gasteiger partial charge in [0.15, 0.2) is 0 Å². The van der Waals surface area contributed by atoms with Gasteiger partial charge in [-0.3, -0.25) is 0 Å². The third kappa shape index (κ3) is 5.42. The Morgan fingerprint density at radius 2 is 1.68 bits per heavy atom. The maximum absolute atomic E-state index is 6.08. The molecule has 1 rings (SSSR count). The van der Waals surface area contributed by atoms with E-state index in [9.17, 15) is 0 Å². The highest BCUT2D eigenvalue weighted by Gasteiger charge is 2.12. The lowest BCUT2D eigenvalue weighted by Gasteiger charge is -2.20. The Morgan fingerprint density at radius 3 is 2.18 bits per heavy atom. The van der Waals surface area contributed by atoms with Crippen LogP contribution in [-0.2, 0) is 0 Å². The van der Waals surface area contributed by atoms with Gasteiger partial charge in [0.2, 0.25) is 0 Å². The molecule has 0 heterocycles. The van der Waals surface area contributed by atoms with Crippen molar-refractivity contribution in [3.8, 4) is 5.75 Å². The summed E-state index contributed by atoms with van der Waals surface area (Å²) in [4.78, 5) is 2.27. The van der Waals surface area contributed by atoms with Crippen LogP contribution in [0, 0.1) is 5.92 Å². The smallest absolute Gasteiger partial charge is 0.120 e. The second-order valence-corrected chi connectivity index (χ2v) is 7.36. The van der Waals surface area contributed by atoms with Gasteiger partial charge in [-0.25, -0.2) is 0 Å². The summed E-state index contributed by atoms with van der Waals surface area (Å²) >= 11 is 1.69. The van der Waals surface area contributed by atoms with Crippen LogP contribution < -0.4 is 4.74 Å². The predicted octanol–water partition coefficient (Wildman–Crippen LogP) is 6.77. The lowest BCUT2D eigenvalue weighted by Crippen LogP contribution is -2.18. The summed E-state index contributed by atoms with van der Waals surface area (Å²) in [7, 11) is 0. The molecule has 0 saturated heterocycles. The molecule has 0 saturated carbocycles. The fourth-order valence-electron chi connectivity index (χ4n) is 1.74. The van der Waals surface area contributed by atoms with Crippen LogP contribution in [0.3, 0.4) is 0 Å². The molecule has 1 atom stereocenters. The first kappa shape index (κ1) is 18.6. The first-order chi connectivity index (χ1) is 10.2. The largest absolute Gasteiger partial charge is 0.490 e. The van der Waals surface area contributed by atoms with E-state index in [1.807, 2.05) is 13.8 Å². The highest BCUT2D eigenvalue weighted by Crippen LogP contribution is 2.35. The average molecular weight is 317 g/mol. The van der Waals surface area contributed by atoms with Crippen molar-refractivity contribution in [1.82, 2.24) is 0 Å². The van der Waals surface area contributed by atoms with Gasteiger partial charge < -0.3 is 4.74 Å². The highest BCUT2D eigenvalue weighted by molar-refractivity contribution is 8.11. The molecule has 1 aromatic carbocycles. The van der Waals surface area contributed by atoms with E-state index >= 15 is 0 Å². The molecule has 0 aliphatic rings. The molecule has 0 bridgehead atoms. The van der Waals surface area contributed by atoms with Crippen molar-refractivity contribution in [1.29, 1.82) is 0 Å². The van der Waals surface area contributed by atoms with Gasteiger partial charge in [-0.1, -0.05) is 50.4 Å². The first-order valence-electron chi connectivity index (χ1n) is 7.72. The minimum Gasteiger partial charge on any atom is -0.490 e. The van der Waals surface area contributed by atoms with E-state index in [4.69, 9.17) is 4.74 Å². The third-order valence-corrected chi connectivity index (χ3v) is 4.71. The number of allylic oxidation sites excluding steroid dienone is 3. The second kappa shape index (κ2) is 8.28. The number of thioether (sulfide) groups is 1. The summed E-state index contributed by atoms with van der Waals surface area (Å²) in [5.74, 6) is 1.36. The van der Waals surface area contributed by atoms with Crippen LogP contribution in [0.15, 0.2) is 42.3 Å². The van der Waals surface area contributed by atoms with Crippen LogP contribution in [-0.4, -0.2) is 6.10 Å². The van der Waals surface area contributed by atoms with E-state index in [2.05, 4.69) is 65.1 Å². The van der Waals surface area contributed by atoms with Crippen molar-refractivity contribution < 1.29 is 4.74 Å². The maximum atomic E-state index is 6.08. The molecule has 0 aliphatic heterocycles. The number of hydrogen-bond acceptors (Lipinski definition) is 2. The van der Waals surface area contributed by atoms with Crippen LogP contribution in [0.4, 0.5) is 0 Å². The fraction of sp³-hybridized carbons (Fsp3) is 0.400. The van der Waals surface area contributed by atoms with Gasteiger partial charge in [0, 0.05) is 4.91 Å². The van der Waals surface area contributed by atoms with Crippen molar-refractivity contribution in [3.63, 3.8) is 0 Å². The molecule has 0 radical (unpaired) electrons. The zero-order valence-electron chi connectivity index (χ0n) is 14.7.